The minimum absolute atomic E-state index is 0.828. The Morgan fingerprint density at radius 1 is 0.958 bits per heavy atom. The van der Waals surface area contributed by atoms with E-state index in [1.807, 2.05) is 12.1 Å². The molecule has 0 amide bonds. The number of rotatable bonds is 1. The Morgan fingerprint density at radius 3 is 2.46 bits per heavy atom. The maximum absolute atomic E-state index is 6.13. The molecule has 0 aromatic heterocycles. The van der Waals surface area contributed by atoms with Crippen LogP contribution in [0, 0.1) is 0 Å². The fourth-order valence-corrected chi connectivity index (χ4v) is 6.91. The highest BCUT2D eigenvalue weighted by Gasteiger charge is 2.39. The Balaban J connectivity index is 2.12. The Kier molecular flexibility index (Phi) is 3.22. The third kappa shape index (κ3) is 2.13. The number of allylic oxidation sites excluding steroid dienone is 5. The smallest absolute Gasteiger partial charge is 0.196 e. The second-order valence-electron chi connectivity index (χ2n) is 6.98. The van der Waals surface area contributed by atoms with Crippen molar-refractivity contribution < 1.29 is 5.41 Å². The Bertz CT molecular complexity index is 947. The average molecular weight is 329 g/mol. The zero-order valence-corrected chi connectivity index (χ0v) is 15.0. The van der Waals surface area contributed by atoms with E-state index in [9.17, 15) is 0 Å². The van der Waals surface area contributed by atoms with E-state index in [1.165, 1.54) is 32.7 Å². The largest absolute Gasteiger partial charge is 0.399 e. The average Bonchev–Trinajstić information content (AvgIpc) is 2.57. The second kappa shape index (κ2) is 5.18. The molecule has 2 nitrogen and oxygen atoms in total. The fraction of sp³-hybridized carbons (Fsp3) is 0.0952. The van der Waals surface area contributed by atoms with Crippen LogP contribution >= 0.6 is 0 Å². The van der Waals surface area contributed by atoms with E-state index in [0.717, 1.165) is 11.4 Å². The molecule has 0 unspecified atom stereocenters. The molecule has 0 radical (unpaired) electrons. The van der Waals surface area contributed by atoms with Crippen molar-refractivity contribution in [1.82, 2.24) is 0 Å². The Labute approximate surface area is 143 Å². The Morgan fingerprint density at radius 2 is 1.71 bits per heavy atom. The topological polar surface area (TPSA) is 51.6 Å². The first kappa shape index (κ1) is 14.9. The first-order chi connectivity index (χ1) is 11.5. The molecule has 0 fully saturated rings. The van der Waals surface area contributed by atoms with Gasteiger partial charge in [-0.3, -0.25) is 5.41 Å². The summed E-state index contributed by atoms with van der Waals surface area (Å²) in [4.78, 5) is 0. The van der Waals surface area contributed by atoms with Crippen LogP contribution in [0.25, 0.3) is 5.57 Å². The molecule has 1 aliphatic carbocycles. The van der Waals surface area contributed by atoms with Crippen molar-refractivity contribution in [2.75, 3.05) is 5.73 Å². The molecule has 0 saturated heterocycles. The molecule has 24 heavy (non-hydrogen) atoms. The number of benzene rings is 2. The lowest BCUT2D eigenvalue weighted by molar-refractivity contribution is -0.110. The standard InChI is InChI=1S/C21H20N2Si/c1-24(2)19-12-15(22)8-10-17(19)21(14-6-4-3-5-7-14)18-11-9-16(23)13-20(18)24/h3-13,22H,23H2,1-2H3/p+1. The minimum atomic E-state index is -1.85. The number of nitrogens with two attached hydrogens (primary N) is 2. The second-order valence-corrected chi connectivity index (χ2v) is 11.3. The van der Waals surface area contributed by atoms with E-state index in [0.29, 0.717) is 0 Å². The zero-order chi connectivity index (χ0) is 16.9. The molecule has 0 atom stereocenters. The summed E-state index contributed by atoms with van der Waals surface area (Å²) >= 11 is 0. The van der Waals surface area contributed by atoms with Crippen molar-refractivity contribution in [3.8, 4) is 0 Å². The van der Waals surface area contributed by atoms with Crippen molar-refractivity contribution in [2.45, 2.75) is 13.1 Å². The van der Waals surface area contributed by atoms with Gasteiger partial charge in [-0.05, 0) is 50.9 Å². The summed E-state index contributed by atoms with van der Waals surface area (Å²) in [5.41, 5.74) is 12.9. The van der Waals surface area contributed by atoms with Crippen LogP contribution in [-0.2, 0) is 0 Å². The van der Waals surface area contributed by atoms with Crippen LogP contribution in [0.1, 0.15) is 11.1 Å². The fourth-order valence-electron chi connectivity index (χ4n) is 3.80. The van der Waals surface area contributed by atoms with Crippen LogP contribution in [0.15, 0.2) is 77.5 Å². The quantitative estimate of drug-likeness (QED) is 0.612. The minimum Gasteiger partial charge on any atom is -0.399 e. The van der Waals surface area contributed by atoms with Crippen molar-refractivity contribution in [2.24, 2.45) is 0 Å². The van der Waals surface area contributed by atoms with Gasteiger partial charge < -0.3 is 5.73 Å². The maximum atomic E-state index is 6.13. The van der Waals surface area contributed by atoms with Crippen LogP contribution in [-0.4, -0.2) is 13.8 Å². The highest BCUT2D eigenvalue weighted by atomic mass is 28.3. The molecule has 1 aliphatic heterocycles. The van der Waals surface area contributed by atoms with Gasteiger partial charge in [0, 0.05) is 17.8 Å². The van der Waals surface area contributed by atoms with Gasteiger partial charge in [0.25, 0.3) is 0 Å². The lowest BCUT2D eigenvalue weighted by atomic mass is 9.90. The maximum Gasteiger partial charge on any atom is 0.196 e. The molecule has 2 aromatic carbocycles. The predicted octanol–water partition coefficient (Wildman–Crippen LogP) is 2.24. The molecule has 3 heteroatoms. The molecule has 4 rings (SSSR count). The summed E-state index contributed by atoms with van der Waals surface area (Å²) in [6.45, 7) is 4.76. The van der Waals surface area contributed by atoms with Crippen LogP contribution in [0.2, 0.25) is 13.1 Å². The number of hydrogen-bond donors (Lipinski definition) is 2. The molecule has 0 saturated carbocycles. The van der Waals surface area contributed by atoms with Gasteiger partial charge >= 0.3 is 0 Å². The van der Waals surface area contributed by atoms with Gasteiger partial charge in [-0.15, -0.1) is 0 Å². The normalized spacial score (nSPS) is 18.1. The van der Waals surface area contributed by atoms with Gasteiger partial charge in [0.1, 0.15) is 8.07 Å². The van der Waals surface area contributed by atoms with Crippen LogP contribution < -0.4 is 16.3 Å². The zero-order valence-electron chi connectivity index (χ0n) is 14.0. The predicted molar refractivity (Wildman–Crippen MR) is 105 cm³/mol. The van der Waals surface area contributed by atoms with Crippen LogP contribution in [0.4, 0.5) is 5.69 Å². The number of nitrogen functional groups attached to an aromatic ring is 1. The van der Waals surface area contributed by atoms with E-state index in [1.54, 1.807) is 0 Å². The third-order valence-corrected chi connectivity index (χ3v) is 8.56. The third-order valence-electron chi connectivity index (χ3n) is 5.04. The van der Waals surface area contributed by atoms with E-state index < -0.39 is 8.07 Å². The molecule has 118 valence electrons. The number of hydrogen-bond acceptors (Lipinski definition) is 1. The first-order valence-corrected chi connectivity index (χ1v) is 11.2. The van der Waals surface area contributed by atoms with Gasteiger partial charge in [0.2, 0.25) is 0 Å². The molecule has 4 N–H and O–H groups in total. The van der Waals surface area contributed by atoms with Crippen LogP contribution in [0.5, 0.6) is 0 Å². The molecular formula is C21H21N2Si+. The molecule has 1 heterocycles. The van der Waals surface area contributed by atoms with E-state index in [2.05, 4.69) is 67.7 Å². The van der Waals surface area contributed by atoms with Crippen molar-refractivity contribution in [3.05, 3.63) is 88.7 Å². The lowest BCUT2D eigenvalue weighted by Gasteiger charge is -2.37. The summed E-state index contributed by atoms with van der Waals surface area (Å²) < 4.78 is 0. The summed E-state index contributed by atoms with van der Waals surface area (Å²) in [6.07, 6.45) is 6.35. The van der Waals surface area contributed by atoms with Crippen molar-refractivity contribution in [3.63, 3.8) is 0 Å². The van der Waals surface area contributed by atoms with Crippen molar-refractivity contribution >= 4 is 30.2 Å². The van der Waals surface area contributed by atoms with E-state index in [4.69, 9.17) is 11.1 Å². The van der Waals surface area contributed by atoms with Crippen molar-refractivity contribution in [1.29, 1.82) is 0 Å². The summed E-state index contributed by atoms with van der Waals surface area (Å²) in [6, 6.07) is 16.9. The van der Waals surface area contributed by atoms with Crippen LogP contribution in [0.3, 0.4) is 0 Å². The summed E-state index contributed by atoms with van der Waals surface area (Å²) in [7, 11) is -1.85. The Hall–Kier alpha value is -2.65. The van der Waals surface area contributed by atoms with Gasteiger partial charge in [-0.2, -0.15) is 0 Å². The molecule has 0 spiro atoms. The van der Waals surface area contributed by atoms with Gasteiger partial charge in [0.05, 0.1) is 0 Å². The first-order valence-electron chi connectivity index (χ1n) is 8.21. The van der Waals surface area contributed by atoms with Gasteiger partial charge in [0.15, 0.2) is 5.71 Å². The highest BCUT2D eigenvalue weighted by molar-refractivity contribution is 6.98. The number of anilines is 1. The monoisotopic (exact) mass is 329 g/mol. The summed E-state index contributed by atoms with van der Waals surface area (Å²) in [5.74, 6) is 0. The summed E-state index contributed by atoms with van der Waals surface area (Å²) in [5, 5.41) is 8.90. The number of fused-ring (bicyclic) bond motifs is 2. The lowest BCUT2D eigenvalue weighted by Crippen LogP contribution is -2.50. The molecule has 2 aliphatic rings. The molecule has 2 aromatic rings. The van der Waals surface area contributed by atoms with Gasteiger partial charge in [-0.25, -0.2) is 0 Å². The van der Waals surface area contributed by atoms with E-state index in [-0.39, 0.29) is 0 Å². The molecule has 0 bridgehead atoms. The van der Waals surface area contributed by atoms with Gasteiger partial charge in [-0.1, -0.05) is 49.5 Å². The highest BCUT2D eigenvalue weighted by Crippen LogP contribution is 2.41. The molecular weight excluding hydrogens is 308 g/mol. The SMILES string of the molecule is C[Si]1(C)C2=CC(=[NH2+])C=CC2=C(c2ccccc2)c2ccc(N)cc21. The van der Waals surface area contributed by atoms with E-state index >= 15 is 0 Å².